The quantitative estimate of drug-likeness (QED) is 0.187. The molecule has 0 saturated heterocycles. The number of carbonyl (C=O) groups excluding carboxylic acids is 1. The van der Waals surface area contributed by atoms with E-state index in [1.54, 1.807) is 28.7 Å². The molecule has 0 atom stereocenters. The molecule has 230 valence electrons. The van der Waals surface area contributed by atoms with Gasteiger partial charge in [-0.25, -0.2) is 4.98 Å². The van der Waals surface area contributed by atoms with E-state index in [0.29, 0.717) is 35.4 Å². The number of nitrogens with zero attached hydrogens (tertiary/aromatic N) is 9. The van der Waals surface area contributed by atoms with E-state index in [9.17, 15) is 4.79 Å². The summed E-state index contributed by atoms with van der Waals surface area (Å²) in [5, 5.41) is 21.2. The molecule has 0 fully saturated rings. The molecular weight excluding hydrogens is 590 g/mol. The van der Waals surface area contributed by atoms with E-state index in [0.717, 1.165) is 40.0 Å². The molecular formula is C31H33N11O2S. The average molecular weight is 624 g/mol. The number of allylic oxidation sites excluding steroid dienone is 1. The number of hydrogen-bond donors (Lipinski definition) is 2. The Hall–Kier alpha value is -5.34. The van der Waals surface area contributed by atoms with Crippen LogP contribution in [0.2, 0.25) is 0 Å². The van der Waals surface area contributed by atoms with Gasteiger partial charge in [-0.3, -0.25) is 9.48 Å². The van der Waals surface area contributed by atoms with Crippen molar-refractivity contribution in [1.82, 2.24) is 39.6 Å². The van der Waals surface area contributed by atoms with Crippen LogP contribution in [0.15, 0.2) is 78.5 Å². The summed E-state index contributed by atoms with van der Waals surface area (Å²) in [6.45, 7) is 2.04. The number of anilines is 4. The number of amides is 1. The Bertz CT molecular complexity index is 1960. The Kier molecular flexibility index (Phi) is 8.66. The number of ether oxygens (including phenoxy) is 1. The van der Waals surface area contributed by atoms with Crippen LogP contribution in [0, 0.1) is 0 Å². The first-order valence-electron chi connectivity index (χ1n) is 14.3. The number of rotatable bonds is 12. The van der Waals surface area contributed by atoms with Crippen LogP contribution in [0.4, 0.5) is 23.0 Å². The van der Waals surface area contributed by atoms with Gasteiger partial charge in [0.2, 0.25) is 11.9 Å². The number of benzene rings is 2. The molecule has 0 aliphatic heterocycles. The van der Waals surface area contributed by atoms with Gasteiger partial charge in [0, 0.05) is 44.7 Å². The standard InChI is InChI=1S/C31H33N11O2S/c1-39(2)16-17-40(3)26-20-27(44-4)24(19-23(26)33-28(43)11-7-14-41-15-8-13-32-41)35-31-34-22-12-18-45-29(22)30(36-31)42-25-10-6-5-9-21(25)37-38-42/h5-13,15,18-20H,14,16-17H2,1-4H3,(H,33,43)(H,34,35,36)/b11-7+. The lowest BCUT2D eigenvalue weighted by Gasteiger charge is -2.26. The Labute approximate surface area is 263 Å². The summed E-state index contributed by atoms with van der Waals surface area (Å²) in [4.78, 5) is 26.9. The van der Waals surface area contributed by atoms with Crippen LogP contribution < -0.4 is 20.3 Å². The number of nitrogens with one attached hydrogen (secondary N) is 2. The first-order valence-corrected chi connectivity index (χ1v) is 15.1. The van der Waals surface area contributed by atoms with Gasteiger partial charge in [-0.2, -0.15) is 14.8 Å². The fourth-order valence-corrected chi connectivity index (χ4v) is 5.57. The third kappa shape index (κ3) is 6.61. The van der Waals surface area contributed by atoms with E-state index in [-0.39, 0.29) is 5.91 Å². The number of para-hydroxylation sites is 1. The molecule has 0 bridgehead atoms. The lowest BCUT2D eigenvalue weighted by Crippen LogP contribution is -2.29. The Balaban J connectivity index is 1.36. The van der Waals surface area contributed by atoms with Gasteiger partial charge in [0.15, 0.2) is 5.82 Å². The Morgan fingerprint density at radius 1 is 1.04 bits per heavy atom. The van der Waals surface area contributed by atoms with E-state index in [2.05, 4.69) is 35.8 Å². The average Bonchev–Trinajstić information content (AvgIpc) is 3.81. The van der Waals surface area contributed by atoms with Gasteiger partial charge in [0.25, 0.3) is 0 Å². The molecule has 13 nitrogen and oxygen atoms in total. The molecule has 1 amide bonds. The fraction of sp³-hybridized carbons (Fsp3) is 0.226. The van der Waals surface area contributed by atoms with Crippen LogP contribution >= 0.6 is 11.3 Å². The highest BCUT2D eigenvalue weighted by Gasteiger charge is 2.19. The van der Waals surface area contributed by atoms with E-state index in [4.69, 9.17) is 14.7 Å². The van der Waals surface area contributed by atoms with Gasteiger partial charge >= 0.3 is 0 Å². The summed E-state index contributed by atoms with van der Waals surface area (Å²) in [6, 6.07) is 15.3. The second kappa shape index (κ2) is 13.1. The summed E-state index contributed by atoms with van der Waals surface area (Å²) >= 11 is 1.54. The van der Waals surface area contributed by atoms with E-state index in [1.807, 2.05) is 81.3 Å². The van der Waals surface area contributed by atoms with Crippen molar-refractivity contribution in [2.75, 3.05) is 56.9 Å². The molecule has 4 aromatic heterocycles. The number of carbonyl (C=O) groups is 1. The van der Waals surface area contributed by atoms with E-state index >= 15 is 0 Å². The molecule has 0 radical (unpaired) electrons. The molecule has 45 heavy (non-hydrogen) atoms. The normalized spacial score (nSPS) is 11.6. The van der Waals surface area contributed by atoms with Crippen molar-refractivity contribution in [2.45, 2.75) is 6.54 Å². The minimum atomic E-state index is -0.267. The van der Waals surface area contributed by atoms with Crippen LogP contribution in [0.25, 0.3) is 27.1 Å². The molecule has 2 aromatic carbocycles. The van der Waals surface area contributed by atoms with Crippen molar-refractivity contribution in [3.05, 3.63) is 78.5 Å². The highest BCUT2D eigenvalue weighted by Crippen LogP contribution is 2.38. The minimum absolute atomic E-state index is 0.267. The number of methoxy groups -OCH3 is 1. The fourth-order valence-electron chi connectivity index (χ4n) is 4.77. The zero-order chi connectivity index (χ0) is 31.3. The van der Waals surface area contributed by atoms with Gasteiger partial charge in [0.1, 0.15) is 11.3 Å². The highest BCUT2D eigenvalue weighted by atomic mass is 32.1. The maximum absolute atomic E-state index is 13.1. The maximum atomic E-state index is 13.1. The van der Waals surface area contributed by atoms with Crippen molar-refractivity contribution in [1.29, 1.82) is 0 Å². The topological polar surface area (TPSA) is 131 Å². The highest BCUT2D eigenvalue weighted by molar-refractivity contribution is 7.17. The van der Waals surface area contributed by atoms with E-state index in [1.165, 1.54) is 17.4 Å². The first kappa shape index (κ1) is 29.7. The van der Waals surface area contributed by atoms with Crippen molar-refractivity contribution in [2.24, 2.45) is 0 Å². The van der Waals surface area contributed by atoms with Gasteiger partial charge < -0.3 is 25.2 Å². The van der Waals surface area contributed by atoms with Gasteiger partial charge in [-0.1, -0.05) is 23.4 Å². The largest absolute Gasteiger partial charge is 0.494 e. The lowest BCUT2D eigenvalue weighted by atomic mass is 10.2. The predicted octanol–water partition coefficient (Wildman–Crippen LogP) is 4.57. The van der Waals surface area contributed by atoms with Crippen molar-refractivity contribution in [3.8, 4) is 11.6 Å². The summed E-state index contributed by atoms with van der Waals surface area (Å²) in [5.41, 5.74) is 4.36. The third-order valence-electron chi connectivity index (χ3n) is 7.08. The molecule has 0 saturated carbocycles. The SMILES string of the molecule is COc1cc(N(C)CCN(C)C)c(NC(=O)/C=C/Cn2cccn2)cc1Nc1nc(-n2nnc3ccccc32)c2sccc2n1. The number of fused-ring (bicyclic) bond motifs is 2. The molecule has 2 N–H and O–H groups in total. The summed E-state index contributed by atoms with van der Waals surface area (Å²) in [7, 11) is 7.64. The van der Waals surface area contributed by atoms with E-state index < -0.39 is 0 Å². The third-order valence-corrected chi connectivity index (χ3v) is 7.97. The van der Waals surface area contributed by atoms with Crippen LogP contribution in [0.1, 0.15) is 0 Å². The van der Waals surface area contributed by atoms with Crippen molar-refractivity contribution >= 4 is 61.5 Å². The van der Waals surface area contributed by atoms with Crippen molar-refractivity contribution in [3.63, 3.8) is 0 Å². The second-order valence-electron chi connectivity index (χ2n) is 10.5. The first-order chi connectivity index (χ1) is 21.9. The minimum Gasteiger partial charge on any atom is -0.494 e. The zero-order valence-electron chi connectivity index (χ0n) is 25.4. The van der Waals surface area contributed by atoms with Crippen LogP contribution in [-0.2, 0) is 11.3 Å². The van der Waals surface area contributed by atoms with Crippen LogP contribution in [-0.4, -0.2) is 86.9 Å². The van der Waals surface area contributed by atoms with Crippen molar-refractivity contribution < 1.29 is 9.53 Å². The molecule has 4 heterocycles. The molecule has 6 aromatic rings. The molecule has 6 rings (SSSR count). The van der Waals surface area contributed by atoms with Crippen LogP contribution in [0.5, 0.6) is 5.75 Å². The lowest BCUT2D eigenvalue weighted by molar-refractivity contribution is -0.111. The number of hydrogen-bond acceptors (Lipinski definition) is 11. The molecule has 0 aliphatic rings. The smallest absolute Gasteiger partial charge is 0.248 e. The number of aromatic nitrogens is 7. The summed E-state index contributed by atoms with van der Waals surface area (Å²) in [5.74, 6) is 1.26. The molecule has 0 unspecified atom stereocenters. The van der Waals surface area contributed by atoms with Gasteiger partial charge in [-0.05, 0) is 49.8 Å². The summed E-state index contributed by atoms with van der Waals surface area (Å²) in [6.07, 6.45) is 6.81. The number of likely N-dealkylation sites (N-methyl/N-ethyl adjacent to an activating group) is 2. The van der Waals surface area contributed by atoms with Gasteiger partial charge in [-0.15, -0.1) is 16.4 Å². The Morgan fingerprint density at radius 3 is 2.71 bits per heavy atom. The zero-order valence-corrected chi connectivity index (χ0v) is 26.2. The maximum Gasteiger partial charge on any atom is 0.248 e. The molecule has 0 aliphatic carbocycles. The monoisotopic (exact) mass is 623 g/mol. The van der Waals surface area contributed by atoms with Crippen LogP contribution in [0.3, 0.4) is 0 Å². The molecule has 14 heteroatoms. The number of thiophene rings is 1. The Morgan fingerprint density at radius 2 is 1.91 bits per heavy atom. The van der Waals surface area contributed by atoms with Gasteiger partial charge in [0.05, 0.1) is 46.5 Å². The molecule has 0 spiro atoms. The predicted molar refractivity (Wildman–Crippen MR) is 178 cm³/mol. The summed E-state index contributed by atoms with van der Waals surface area (Å²) < 4.78 is 10.2. The second-order valence-corrected chi connectivity index (χ2v) is 11.5.